The van der Waals surface area contributed by atoms with Gasteiger partial charge in [0.2, 0.25) is 11.8 Å². The van der Waals surface area contributed by atoms with Crippen molar-refractivity contribution in [3.8, 4) is 0 Å². The lowest BCUT2D eigenvalue weighted by molar-refractivity contribution is -0.126. The smallest absolute Gasteiger partial charge is 0.229 e. The maximum Gasteiger partial charge on any atom is 0.229 e. The molecule has 1 aromatic heterocycles. The van der Waals surface area contributed by atoms with Crippen LogP contribution in [0, 0.1) is 11.7 Å². The number of allylic oxidation sites excluding steroid dienone is 1. The van der Waals surface area contributed by atoms with Crippen molar-refractivity contribution in [2.75, 3.05) is 18.0 Å². The third-order valence-electron chi connectivity index (χ3n) is 5.40. The quantitative estimate of drug-likeness (QED) is 0.794. The average molecular weight is 370 g/mol. The summed E-state index contributed by atoms with van der Waals surface area (Å²) >= 11 is 0. The molecule has 1 saturated heterocycles. The van der Waals surface area contributed by atoms with Crippen LogP contribution in [0.2, 0.25) is 0 Å². The van der Waals surface area contributed by atoms with Gasteiger partial charge in [-0.2, -0.15) is 5.10 Å². The second kappa shape index (κ2) is 7.50. The number of carbonyl (C=O) groups excluding carboxylic acids is 2. The van der Waals surface area contributed by atoms with Crippen LogP contribution in [-0.4, -0.2) is 35.1 Å². The van der Waals surface area contributed by atoms with Gasteiger partial charge < -0.3 is 5.32 Å². The monoisotopic (exact) mass is 370 g/mol. The molecule has 1 aliphatic carbocycles. The molecule has 2 aliphatic rings. The molecule has 0 saturated carbocycles. The van der Waals surface area contributed by atoms with E-state index in [0.29, 0.717) is 12.1 Å². The normalized spacial score (nSPS) is 20.2. The topological polar surface area (TPSA) is 78.1 Å². The molecule has 27 heavy (non-hydrogen) atoms. The molecule has 0 spiro atoms. The highest BCUT2D eigenvalue weighted by atomic mass is 19.1. The van der Waals surface area contributed by atoms with Gasteiger partial charge >= 0.3 is 0 Å². The number of H-pyrrole nitrogens is 1. The van der Waals surface area contributed by atoms with Gasteiger partial charge in [-0.3, -0.25) is 19.6 Å². The summed E-state index contributed by atoms with van der Waals surface area (Å²) in [7, 11) is 0. The van der Waals surface area contributed by atoms with Crippen LogP contribution in [0.25, 0.3) is 10.9 Å². The van der Waals surface area contributed by atoms with Gasteiger partial charge in [0.05, 0.1) is 16.8 Å². The lowest BCUT2D eigenvalue weighted by Gasteiger charge is -2.15. The van der Waals surface area contributed by atoms with Gasteiger partial charge in [-0.25, -0.2) is 4.39 Å². The third kappa shape index (κ3) is 3.59. The highest BCUT2D eigenvalue weighted by Gasteiger charge is 2.37. The minimum atomic E-state index is -0.434. The largest absolute Gasteiger partial charge is 0.355 e. The van der Waals surface area contributed by atoms with Gasteiger partial charge in [0.15, 0.2) is 5.82 Å². The molecule has 1 aliphatic heterocycles. The Morgan fingerprint density at radius 1 is 1.37 bits per heavy atom. The van der Waals surface area contributed by atoms with Crippen molar-refractivity contribution in [1.82, 2.24) is 15.5 Å². The summed E-state index contributed by atoms with van der Waals surface area (Å²) in [6, 6.07) is 4.63. The molecular weight excluding hydrogens is 347 g/mol. The van der Waals surface area contributed by atoms with E-state index in [1.165, 1.54) is 29.4 Å². The molecule has 2 heterocycles. The molecule has 0 bridgehead atoms. The van der Waals surface area contributed by atoms with Gasteiger partial charge in [-0.15, -0.1) is 0 Å². The molecule has 7 heteroatoms. The molecule has 1 aromatic carbocycles. The van der Waals surface area contributed by atoms with E-state index in [9.17, 15) is 14.0 Å². The van der Waals surface area contributed by atoms with Crippen LogP contribution in [0.5, 0.6) is 0 Å². The fourth-order valence-electron chi connectivity index (χ4n) is 3.92. The number of amides is 2. The molecule has 2 amide bonds. The first-order valence-corrected chi connectivity index (χ1v) is 9.52. The van der Waals surface area contributed by atoms with E-state index in [-0.39, 0.29) is 36.0 Å². The molecular formula is C20H23FN4O2. The van der Waals surface area contributed by atoms with E-state index in [2.05, 4.69) is 21.6 Å². The average Bonchev–Trinajstić information content (AvgIpc) is 3.27. The summed E-state index contributed by atoms with van der Waals surface area (Å²) in [6.07, 6.45) is 7.97. The van der Waals surface area contributed by atoms with E-state index < -0.39 is 11.7 Å². The highest BCUT2D eigenvalue weighted by Crippen LogP contribution is 2.31. The number of nitrogens with one attached hydrogen (secondary N) is 2. The first kappa shape index (κ1) is 17.7. The Hall–Kier alpha value is -2.70. The summed E-state index contributed by atoms with van der Waals surface area (Å²) < 4.78 is 14.2. The maximum absolute atomic E-state index is 14.2. The van der Waals surface area contributed by atoms with Gasteiger partial charge in [-0.05, 0) is 44.2 Å². The molecule has 2 N–H and O–H groups in total. The maximum atomic E-state index is 14.2. The first-order chi connectivity index (χ1) is 13.1. The third-order valence-corrected chi connectivity index (χ3v) is 5.40. The van der Waals surface area contributed by atoms with E-state index in [1.807, 2.05) is 0 Å². The van der Waals surface area contributed by atoms with E-state index in [1.54, 1.807) is 12.1 Å². The Morgan fingerprint density at radius 3 is 3.07 bits per heavy atom. The zero-order chi connectivity index (χ0) is 18.8. The number of anilines is 1. The Morgan fingerprint density at radius 2 is 2.26 bits per heavy atom. The molecule has 142 valence electrons. The van der Waals surface area contributed by atoms with Crippen molar-refractivity contribution in [1.29, 1.82) is 0 Å². The van der Waals surface area contributed by atoms with Gasteiger partial charge in [0, 0.05) is 19.5 Å². The number of aromatic amines is 1. The van der Waals surface area contributed by atoms with Crippen molar-refractivity contribution < 1.29 is 14.0 Å². The lowest BCUT2D eigenvalue weighted by atomic mass is 9.97. The minimum Gasteiger partial charge on any atom is -0.355 e. The van der Waals surface area contributed by atoms with Crippen LogP contribution in [0.4, 0.5) is 10.2 Å². The minimum absolute atomic E-state index is 0.122. The van der Waals surface area contributed by atoms with Crippen LogP contribution in [0.1, 0.15) is 38.5 Å². The molecule has 2 aromatic rings. The second-order valence-electron chi connectivity index (χ2n) is 7.26. The highest BCUT2D eigenvalue weighted by molar-refractivity contribution is 6.05. The van der Waals surface area contributed by atoms with Crippen LogP contribution < -0.4 is 10.2 Å². The molecule has 4 rings (SSSR count). The number of rotatable bonds is 5. The molecule has 1 unspecified atom stereocenters. The molecule has 1 fully saturated rings. The zero-order valence-corrected chi connectivity index (χ0v) is 15.1. The van der Waals surface area contributed by atoms with Crippen molar-refractivity contribution >= 4 is 28.5 Å². The lowest BCUT2D eigenvalue weighted by Crippen LogP contribution is -2.33. The first-order valence-electron chi connectivity index (χ1n) is 9.52. The van der Waals surface area contributed by atoms with Crippen molar-refractivity contribution in [2.45, 2.75) is 38.5 Å². The number of nitrogens with zero attached hydrogens (tertiary/aromatic N) is 2. The standard InChI is InChI=1S/C20H23FN4O2/c21-15-7-4-8-16-18(15)19(24-23-16)25-12-14(11-17(25)26)20(27)22-10-9-13-5-2-1-3-6-13/h4-5,7-8,14H,1-3,6,9-12H2,(H,22,27)(H,23,24). The van der Waals surface area contributed by atoms with E-state index in [4.69, 9.17) is 0 Å². The van der Waals surface area contributed by atoms with Crippen LogP contribution in [-0.2, 0) is 9.59 Å². The van der Waals surface area contributed by atoms with Crippen LogP contribution in [0.3, 0.4) is 0 Å². The number of fused-ring (bicyclic) bond motifs is 1. The van der Waals surface area contributed by atoms with Gasteiger partial charge in [0.25, 0.3) is 0 Å². The number of hydrogen-bond donors (Lipinski definition) is 2. The zero-order valence-electron chi connectivity index (χ0n) is 15.1. The van der Waals surface area contributed by atoms with E-state index >= 15 is 0 Å². The summed E-state index contributed by atoms with van der Waals surface area (Å²) in [5, 5.41) is 10.1. The number of benzene rings is 1. The molecule has 0 radical (unpaired) electrons. The number of hydrogen-bond acceptors (Lipinski definition) is 3. The Kier molecular flexibility index (Phi) is 4.92. The van der Waals surface area contributed by atoms with Crippen LogP contribution in [0.15, 0.2) is 29.8 Å². The summed E-state index contributed by atoms with van der Waals surface area (Å²) in [5.74, 6) is -0.936. The van der Waals surface area contributed by atoms with Crippen molar-refractivity contribution in [3.63, 3.8) is 0 Å². The summed E-state index contributed by atoms with van der Waals surface area (Å²) in [4.78, 5) is 26.3. The fraction of sp³-hybridized carbons (Fsp3) is 0.450. The molecule has 6 nitrogen and oxygen atoms in total. The number of aromatic nitrogens is 2. The van der Waals surface area contributed by atoms with Gasteiger partial charge in [0.1, 0.15) is 5.82 Å². The molecule has 1 atom stereocenters. The predicted molar refractivity (Wildman–Crippen MR) is 101 cm³/mol. The van der Waals surface area contributed by atoms with Crippen molar-refractivity contribution in [2.24, 2.45) is 5.92 Å². The Bertz CT molecular complexity index is 905. The Labute approximate surface area is 156 Å². The van der Waals surface area contributed by atoms with Crippen LogP contribution >= 0.6 is 0 Å². The number of carbonyl (C=O) groups is 2. The number of halogens is 1. The Balaban J connectivity index is 1.39. The van der Waals surface area contributed by atoms with Crippen molar-refractivity contribution in [3.05, 3.63) is 35.7 Å². The summed E-state index contributed by atoms with van der Waals surface area (Å²) in [6.45, 7) is 0.816. The fourth-order valence-corrected chi connectivity index (χ4v) is 3.92. The van der Waals surface area contributed by atoms with E-state index in [0.717, 1.165) is 19.3 Å². The second-order valence-corrected chi connectivity index (χ2v) is 7.26. The summed E-state index contributed by atoms with van der Waals surface area (Å²) in [5.41, 5.74) is 1.94. The predicted octanol–water partition coefficient (Wildman–Crippen LogP) is 3.06. The van der Waals surface area contributed by atoms with Gasteiger partial charge in [-0.1, -0.05) is 17.7 Å². The SMILES string of the molecule is O=C(NCCC1=CCCCC1)C1CC(=O)N(c2n[nH]c3cccc(F)c23)C1.